The molecule has 1 aromatic heterocycles. The van der Waals surface area contributed by atoms with Crippen molar-refractivity contribution in [3.05, 3.63) is 46.8 Å². The maximum Gasteiger partial charge on any atom is 0.252 e. The molecule has 0 fully saturated rings. The number of nitrogens with one attached hydrogen (secondary N) is 2. The van der Waals surface area contributed by atoms with Crippen LogP contribution < -0.4 is 10.9 Å². The van der Waals surface area contributed by atoms with Crippen LogP contribution in [-0.4, -0.2) is 29.7 Å². The topological polar surface area (TPSA) is 67.0 Å². The first-order valence-electron chi connectivity index (χ1n) is 6.78. The molecule has 5 nitrogen and oxygen atoms in total. The lowest BCUT2D eigenvalue weighted by Gasteiger charge is -2.07. The van der Waals surface area contributed by atoms with Gasteiger partial charge in [-0.2, -0.15) is 0 Å². The highest BCUT2D eigenvalue weighted by Gasteiger charge is 2.03. The van der Waals surface area contributed by atoms with Crippen molar-refractivity contribution in [3.8, 4) is 11.3 Å². The lowest BCUT2D eigenvalue weighted by molar-refractivity contribution is 0.147. The van der Waals surface area contributed by atoms with Gasteiger partial charge in [0.25, 0.3) is 5.56 Å². The largest absolute Gasteiger partial charge is 0.382 e. The molecule has 0 aliphatic heterocycles. The molecule has 0 spiro atoms. The molecule has 106 valence electrons. The number of aromatic nitrogens is 2. The molecule has 20 heavy (non-hydrogen) atoms. The Labute approximate surface area is 118 Å². The van der Waals surface area contributed by atoms with Crippen molar-refractivity contribution in [1.82, 2.24) is 9.97 Å². The van der Waals surface area contributed by atoms with E-state index >= 15 is 0 Å². The van der Waals surface area contributed by atoms with Gasteiger partial charge in [0.05, 0.1) is 5.69 Å². The zero-order chi connectivity index (χ0) is 14.2. The van der Waals surface area contributed by atoms with E-state index in [1.165, 1.54) is 6.07 Å². The van der Waals surface area contributed by atoms with Crippen LogP contribution in [0.1, 0.15) is 13.3 Å². The molecule has 0 aliphatic rings. The molecule has 0 saturated carbocycles. The summed E-state index contributed by atoms with van der Waals surface area (Å²) in [7, 11) is 0. The Balaban J connectivity index is 2.04. The van der Waals surface area contributed by atoms with Gasteiger partial charge in [0.2, 0.25) is 5.95 Å². The molecular weight excluding hydrogens is 254 g/mol. The minimum absolute atomic E-state index is 0.161. The van der Waals surface area contributed by atoms with E-state index < -0.39 is 0 Å². The van der Waals surface area contributed by atoms with E-state index in [0.29, 0.717) is 24.8 Å². The van der Waals surface area contributed by atoms with Crippen molar-refractivity contribution < 1.29 is 4.74 Å². The standard InChI is InChI=1S/C15H19N3O2/c1-2-20-10-6-9-16-15-17-13(11-14(19)18-15)12-7-4-3-5-8-12/h3-5,7-8,11H,2,6,9-10H2,1H3,(H2,16,17,18,19). The van der Waals surface area contributed by atoms with Crippen LogP contribution in [0.4, 0.5) is 5.95 Å². The summed E-state index contributed by atoms with van der Waals surface area (Å²) in [5, 5.41) is 3.11. The number of hydrogen-bond donors (Lipinski definition) is 2. The number of H-pyrrole nitrogens is 1. The molecule has 0 saturated heterocycles. The smallest absolute Gasteiger partial charge is 0.252 e. The van der Waals surface area contributed by atoms with Gasteiger partial charge in [-0.25, -0.2) is 4.98 Å². The summed E-state index contributed by atoms with van der Waals surface area (Å²) in [5.74, 6) is 0.493. The molecule has 0 amide bonds. The number of nitrogens with zero attached hydrogens (tertiary/aromatic N) is 1. The van der Waals surface area contributed by atoms with Gasteiger partial charge < -0.3 is 10.1 Å². The molecule has 1 aromatic carbocycles. The molecule has 0 aliphatic carbocycles. The van der Waals surface area contributed by atoms with Gasteiger partial charge in [-0.15, -0.1) is 0 Å². The molecule has 0 atom stereocenters. The van der Waals surface area contributed by atoms with E-state index in [-0.39, 0.29) is 5.56 Å². The molecule has 2 N–H and O–H groups in total. The normalized spacial score (nSPS) is 10.4. The van der Waals surface area contributed by atoms with E-state index in [9.17, 15) is 4.79 Å². The second-order valence-electron chi connectivity index (χ2n) is 4.32. The molecule has 5 heteroatoms. The number of ether oxygens (including phenoxy) is 1. The number of hydrogen-bond acceptors (Lipinski definition) is 4. The van der Waals surface area contributed by atoms with Gasteiger partial charge in [-0.05, 0) is 13.3 Å². The highest BCUT2D eigenvalue weighted by molar-refractivity contribution is 5.59. The fourth-order valence-corrected chi connectivity index (χ4v) is 1.82. The van der Waals surface area contributed by atoms with Gasteiger partial charge in [0, 0.05) is 31.4 Å². The summed E-state index contributed by atoms with van der Waals surface area (Å²) in [6.07, 6.45) is 0.868. The predicted octanol–water partition coefficient (Wildman–Crippen LogP) is 2.28. The maximum absolute atomic E-state index is 11.7. The summed E-state index contributed by atoms with van der Waals surface area (Å²) in [5.41, 5.74) is 1.43. The van der Waals surface area contributed by atoms with E-state index in [4.69, 9.17) is 4.74 Å². The van der Waals surface area contributed by atoms with Crippen molar-refractivity contribution in [2.45, 2.75) is 13.3 Å². The Morgan fingerprint density at radius 1 is 1.30 bits per heavy atom. The third kappa shape index (κ3) is 4.20. The highest BCUT2D eigenvalue weighted by Crippen LogP contribution is 2.15. The van der Waals surface area contributed by atoms with E-state index in [2.05, 4.69) is 15.3 Å². The van der Waals surface area contributed by atoms with E-state index in [1.807, 2.05) is 37.3 Å². The van der Waals surface area contributed by atoms with Crippen LogP contribution in [0.2, 0.25) is 0 Å². The SMILES string of the molecule is CCOCCCNc1nc(-c2ccccc2)cc(=O)[nH]1. The molecule has 0 bridgehead atoms. The summed E-state index contributed by atoms with van der Waals surface area (Å²) in [6, 6.07) is 11.1. The number of anilines is 1. The summed E-state index contributed by atoms with van der Waals surface area (Å²) >= 11 is 0. The molecule has 2 rings (SSSR count). The molecule has 2 aromatic rings. The van der Waals surface area contributed by atoms with Crippen molar-refractivity contribution in [3.63, 3.8) is 0 Å². The quantitative estimate of drug-likeness (QED) is 0.759. The Morgan fingerprint density at radius 3 is 2.85 bits per heavy atom. The Kier molecular flexibility index (Phi) is 5.32. The van der Waals surface area contributed by atoms with Gasteiger partial charge in [0.15, 0.2) is 0 Å². The van der Waals surface area contributed by atoms with E-state index in [0.717, 1.165) is 18.6 Å². The zero-order valence-corrected chi connectivity index (χ0v) is 11.6. The second-order valence-corrected chi connectivity index (χ2v) is 4.32. The van der Waals surface area contributed by atoms with Crippen LogP contribution >= 0.6 is 0 Å². The maximum atomic E-state index is 11.7. The third-order valence-corrected chi connectivity index (χ3v) is 2.77. The Bertz CT molecular complexity index is 581. The van der Waals surface area contributed by atoms with Crippen molar-refractivity contribution in [1.29, 1.82) is 0 Å². The van der Waals surface area contributed by atoms with Crippen LogP contribution in [0, 0.1) is 0 Å². The first-order valence-corrected chi connectivity index (χ1v) is 6.78. The lowest BCUT2D eigenvalue weighted by atomic mass is 10.1. The molecule has 1 heterocycles. The summed E-state index contributed by atoms with van der Waals surface area (Å²) in [6.45, 7) is 4.10. The van der Waals surface area contributed by atoms with Crippen LogP contribution in [0.3, 0.4) is 0 Å². The molecule has 0 radical (unpaired) electrons. The minimum atomic E-state index is -0.161. The van der Waals surface area contributed by atoms with E-state index in [1.54, 1.807) is 0 Å². The average molecular weight is 273 g/mol. The lowest BCUT2D eigenvalue weighted by Crippen LogP contribution is -2.14. The van der Waals surface area contributed by atoms with Crippen LogP contribution in [-0.2, 0) is 4.74 Å². The fourth-order valence-electron chi connectivity index (χ4n) is 1.82. The Hall–Kier alpha value is -2.14. The van der Waals surface area contributed by atoms with Crippen LogP contribution in [0.5, 0.6) is 0 Å². The van der Waals surface area contributed by atoms with Crippen molar-refractivity contribution in [2.75, 3.05) is 25.1 Å². The summed E-state index contributed by atoms with van der Waals surface area (Å²) < 4.78 is 5.26. The van der Waals surface area contributed by atoms with Gasteiger partial charge >= 0.3 is 0 Å². The first-order chi connectivity index (χ1) is 9.79. The third-order valence-electron chi connectivity index (χ3n) is 2.77. The Morgan fingerprint density at radius 2 is 2.10 bits per heavy atom. The number of benzene rings is 1. The van der Waals surface area contributed by atoms with Gasteiger partial charge in [-0.3, -0.25) is 9.78 Å². The average Bonchev–Trinajstić information content (AvgIpc) is 2.47. The van der Waals surface area contributed by atoms with Crippen LogP contribution in [0.15, 0.2) is 41.2 Å². The molecular formula is C15H19N3O2. The molecule has 0 unspecified atom stereocenters. The van der Waals surface area contributed by atoms with Gasteiger partial charge in [0.1, 0.15) is 0 Å². The fraction of sp³-hybridized carbons (Fsp3) is 0.333. The number of aromatic amines is 1. The zero-order valence-electron chi connectivity index (χ0n) is 11.6. The van der Waals surface area contributed by atoms with Gasteiger partial charge in [-0.1, -0.05) is 30.3 Å². The monoisotopic (exact) mass is 273 g/mol. The highest BCUT2D eigenvalue weighted by atomic mass is 16.5. The minimum Gasteiger partial charge on any atom is -0.382 e. The van der Waals surface area contributed by atoms with Crippen molar-refractivity contribution in [2.24, 2.45) is 0 Å². The predicted molar refractivity (Wildman–Crippen MR) is 79.9 cm³/mol. The second kappa shape index (κ2) is 7.45. The van der Waals surface area contributed by atoms with Crippen LogP contribution in [0.25, 0.3) is 11.3 Å². The number of rotatable bonds is 7. The summed E-state index contributed by atoms with van der Waals surface area (Å²) in [4.78, 5) is 18.8. The first kappa shape index (κ1) is 14.3. The van der Waals surface area contributed by atoms with Crippen molar-refractivity contribution >= 4 is 5.95 Å².